The first-order chi connectivity index (χ1) is 14.0. The molecule has 0 radical (unpaired) electrons. The van der Waals surface area contributed by atoms with E-state index in [1.54, 1.807) is 14.0 Å². The molecule has 3 rings (SSSR count). The summed E-state index contributed by atoms with van der Waals surface area (Å²) in [6.45, 7) is 8.22. The van der Waals surface area contributed by atoms with E-state index < -0.39 is 0 Å². The molecule has 0 aliphatic carbocycles. The van der Waals surface area contributed by atoms with E-state index in [0.717, 1.165) is 27.6 Å². The van der Waals surface area contributed by atoms with Crippen molar-refractivity contribution in [2.24, 2.45) is 0 Å². The predicted octanol–water partition coefficient (Wildman–Crippen LogP) is 5.36. The van der Waals surface area contributed by atoms with Gasteiger partial charge >= 0.3 is 5.97 Å². The first-order valence-corrected chi connectivity index (χ1v) is 9.78. The molecule has 0 heterocycles. The Morgan fingerprint density at radius 3 is 2.31 bits per heavy atom. The van der Waals surface area contributed by atoms with Crippen LogP contribution < -0.4 is 10.1 Å². The summed E-state index contributed by atoms with van der Waals surface area (Å²) in [4.78, 5) is 12.4. The molecule has 3 aromatic carbocycles. The molecule has 0 bridgehead atoms. The van der Waals surface area contributed by atoms with Crippen molar-refractivity contribution in [2.75, 3.05) is 13.7 Å². The van der Waals surface area contributed by atoms with Crippen LogP contribution in [0.5, 0.6) is 5.75 Å². The fourth-order valence-electron chi connectivity index (χ4n) is 3.37. The van der Waals surface area contributed by atoms with Crippen LogP contribution in [-0.2, 0) is 9.53 Å². The zero-order chi connectivity index (χ0) is 20.8. The van der Waals surface area contributed by atoms with E-state index in [-0.39, 0.29) is 18.1 Å². The molecule has 0 aliphatic heterocycles. The van der Waals surface area contributed by atoms with Crippen molar-refractivity contribution in [3.8, 4) is 5.75 Å². The Bertz CT molecular complexity index is 994. The number of rotatable bonds is 8. The molecule has 0 saturated carbocycles. The number of benzene rings is 3. The molecule has 0 fully saturated rings. The third-order valence-electron chi connectivity index (χ3n) is 5.03. The summed E-state index contributed by atoms with van der Waals surface area (Å²) < 4.78 is 10.5. The monoisotopic (exact) mass is 389 g/mol. The molecule has 2 atom stereocenters. The van der Waals surface area contributed by atoms with Gasteiger partial charge in [-0.25, -0.2) is 4.79 Å². The van der Waals surface area contributed by atoms with E-state index in [2.05, 4.69) is 43.1 Å². The lowest BCUT2D eigenvalue weighted by molar-refractivity contribution is -0.138. The SMILES string of the molecule is C=C(C(=O)OCC)[C@@H](N[C@@H](C)c1ccc(OC)cc1)c1ccc2ccccc2c1. The minimum atomic E-state index is -0.389. The van der Waals surface area contributed by atoms with Crippen LogP contribution in [0.1, 0.15) is 37.1 Å². The molecule has 150 valence electrons. The van der Waals surface area contributed by atoms with E-state index in [1.165, 1.54) is 0 Å². The Morgan fingerprint density at radius 1 is 1.00 bits per heavy atom. The van der Waals surface area contributed by atoms with Crippen molar-refractivity contribution >= 4 is 16.7 Å². The molecule has 4 heteroatoms. The van der Waals surface area contributed by atoms with Crippen LogP contribution in [0.3, 0.4) is 0 Å². The first-order valence-electron chi connectivity index (χ1n) is 9.78. The van der Waals surface area contributed by atoms with Gasteiger partial charge in [-0.05, 0) is 53.9 Å². The van der Waals surface area contributed by atoms with Crippen molar-refractivity contribution in [3.05, 3.63) is 90.0 Å². The largest absolute Gasteiger partial charge is 0.497 e. The summed E-state index contributed by atoms with van der Waals surface area (Å²) in [5, 5.41) is 5.82. The maximum Gasteiger partial charge on any atom is 0.335 e. The second kappa shape index (κ2) is 9.39. The molecule has 0 saturated heterocycles. The molecule has 3 aromatic rings. The Balaban J connectivity index is 1.92. The Labute approximate surface area is 172 Å². The first kappa shape index (κ1) is 20.6. The topological polar surface area (TPSA) is 47.6 Å². The molecular weight excluding hydrogens is 362 g/mol. The van der Waals surface area contributed by atoms with Gasteiger partial charge in [0.1, 0.15) is 5.75 Å². The fourth-order valence-corrected chi connectivity index (χ4v) is 3.37. The van der Waals surface area contributed by atoms with Crippen molar-refractivity contribution in [3.63, 3.8) is 0 Å². The van der Waals surface area contributed by atoms with Gasteiger partial charge in [0.05, 0.1) is 25.3 Å². The minimum absolute atomic E-state index is 0.0106. The molecule has 4 nitrogen and oxygen atoms in total. The number of methoxy groups -OCH3 is 1. The fraction of sp³-hybridized carbons (Fsp3) is 0.240. The van der Waals surface area contributed by atoms with Gasteiger partial charge in [-0.2, -0.15) is 0 Å². The summed E-state index contributed by atoms with van der Waals surface area (Å²) in [6, 6.07) is 21.9. The number of ether oxygens (including phenoxy) is 2. The van der Waals surface area contributed by atoms with Crippen LogP contribution >= 0.6 is 0 Å². The Hall–Kier alpha value is -3.11. The zero-order valence-corrected chi connectivity index (χ0v) is 17.1. The van der Waals surface area contributed by atoms with Gasteiger partial charge in [-0.15, -0.1) is 0 Å². The highest BCUT2D eigenvalue weighted by atomic mass is 16.5. The summed E-state index contributed by atoms with van der Waals surface area (Å²) >= 11 is 0. The normalized spacial score (nSPS) is 12.9. The van der Waals surface area contributed by atoms with Crippen molar-refractivity contribution in [1.82, 2.24) is 5.32 Å². The summed E-state index contributed by atoms with van der Waals surface area (Å²) in [7, 11) is 1.65. The highest BCUT2D eigenvalue weighted by Gasteiger charge is 2.24. The van der Waals surface area contributed by atoms with Crippen molar-refractivity contribution in [2.45, 2.75) is 25.9 Å². The molecule has 0 aromatic heterocycles. The minimum Gasteiger partial charge on any atom is -0.497 e. The van der Waals surface area contributed by atoms with Gasteiger partial charge in [-0.1, -0.05) is 55.1 Å². The van der Waals surface area contributed by atoms with Gasteiger partial charge in [0.25, 0.3) is 0 Å². The van der Waals surface area contributed by atoms with E-state index in [4.69, 9.17) is 9.47 Å². The van der Waals surface area contributed by atoms with Gasteiger partial charge < -0.3 is 9.47 Å². The number of carbonyl (C=O) groups is 1. The van der Waals surface area contributed by atoms with Crippen LogP contribution in [0, 0.1) is 0 Å². The molecule has 0 unspecified atom stereocenters. The predicted molar refractivity (Wildman–Crippen MR) is 117 cm³/mol. The zero-order valence-electron chi connectivity index (χ0n) is 17.1. The lowest BCUT2D eigenvalue weighted by Gasteiger charge is -2.25. The molecule has 0 spiro atoms. The number of nitrogens with one attached hydrogen (secondary N) is 1. The van der Waals surface area contributed by atoms with E-state index in [9.17, 15) is 4.79 Å². The maximum absolute atomic E-state index is 12.4. The second-order valence-corrected chi connectivity index (χ2v) is 6.95. The highest BCUT2D eigenvalue weighted by Crippen LogP contribution is 2.29. The van der Waals surface area contributed by atoms with Gasteiger partial charge in [0.2, 0.25) is 0 Å². The molecule has 1 N–H and O–H groups in total. The van der Waals surface area contributed by atoms with Gasteiger partial charge in [0, 0.05) is 6.04 Å². The van der Waals surface area contributed by atoms with Crippen LogP contribution in [0.2, 0.25) is 0 Å². The standard InChI is InChI=1S/C25H27NO3/c1-5-29-25(27)17(2)24(22-11-10-20-8-6-7-9-21(20)16-22)26-18(3)19-12-14-23(28-4)15-13-19/h6-16,18,24,26H,2,5H2,1,3-4H3/t18-,24+/m0/s1. The third-order valence-corrected chi connectivity index (χ3v) is 5.03. The number of fused-ring (bicyclic) bond motifs is 1. The van der Waals surface area contributed by atoms with Crippen molar-refractivity contribution in [1.29, 1.82) is 0 Å². The summed E-state index contributed by atoms with van der Waals surface area (Å²) in [6.07, 6.45) is 0. The van der Waals surface area contributed by atoms with Gasteiger partial charge in [-0.3, -0.25) is 5.32 Å². The lowest BCUT2D eigenvalue weighted by Crippen LogP contribution is -2.29. The van der Waals surface area contributed by atoms with E-state index >= 15 is 0 Å². The van der Waals surface area contributed by atoms with Crippen LogP contribution in [0.15, 0.2) is 78.9 Å². The second-order valence-electron chi connectivity index (χ2n) is 6.95. The maximum atomic E-state index is 12.4. The van der Waals surface area contributed by atoms with Crippen LogP contribution in [0.25, 0.3) is 10.8 Å². The molecule has 29 heavy (non-hydrogen) atoms. The average molecular weight is 389 g/mol. The summed E-state index contributed by atoms with van der Waals surface area (Å²) in [5.41, 5.74) is 2.46. The quantitative estimate of drug-likeness (QED) is 0.416. The summed E-state index contributed by atoms with van der Waals surface area (Å²) in [5.74, 6) is 0.419. The number of hydrogen-bond donors (Lipinski definition) is 1. The molecular formula is C25H27NO3. The molecule has 0 aliphatic rings. The van der Waals surface area contributed by atoms with E-state index in [1.807, 2.05) is 42.5 Å². The Morgan fingerprint density at radius 2 is 1.66 bits per heavy atom. The van der Waals surface area contributed by atoms with Crippen LogP contribution in [-0.4, -0.2) is 19.7 Å². The molecule has 0 amide bonds. The van der Waals surface area contributed by atoms with Crippen molar-refractivity contribution < 1.29 is 14.3 Å². The average Bonchev–Trinajstić information content (AvgIpc) is 2.76. The van der Waals surface area contributed by atoms with Gasteiger partial charge in [0.15, 0.2) is 0 Å². The lowest BCUT2D eigenvalue weighted by atomic mass is 9.95. The smallest absolute Gasteiger partial charge is 0.335 e. The highest BCUT2D eigenvalue weighted by molar-refractivity contribution is 5.90. The Kier molecular flexibility index (Phi) is 6.68. The third kappa shape index (κ3) is 4.84. The number of esters is 1. The van der Waals surface area contributed by atoms with E-state index in [0.29, 0.717) is 12.2 Å². The number of carbonyl (C=O) groups excluding carboxylic acids is 1. The number of hydrogen-bond acceptors (Lipinski definition) is 4. The van der Waals surface area contributed by atoms with Crippen LogP contribution in [0.4, 0.5) is 0 Å².